The van der Waals surface area contributed by atoms with Crippen LogP contribution in [0.4, 0.5) is 0 Å². The van der Waals surface area contributed by atoms with E-state index in [0.717, 1.165) is 9.18 Å². The monoisotopic (exact) mass is 430 g/mol. The molecule has 0 bridgehead atoms. The van der Waals surface area contributed by atoms with Gasteiger partial charge in [-0.15, -0.1) is 11.3 Å². The summed E-state index contributed by atoms with van der Waals surface area (Å²) >= 11 is 7.48. The summed E-state index contributed by atoms with van der Waals surface area (Å²) in [6.45, 7) is 0. The van der Waals surface area contributed by atoms with Crippen LogP contribution in [0.1, 0.15) is 27.7 Å². The van der Waals surface area contributed by atoms with Gasteiger partial charge in [0.2, 0.25) is 10.0 Å². The first-order valence-corrected chi connectivity index (χ1v) is 10.5. The Bertz CT molecular complexity index is 927. The van der Waals surface area contributed by atoms with E-state index in [-0.39, 0.29) is 21.9 Å². The van der Waals surface area contributed by atoms with Crippen LogP contribution in [0, 0.1) is 0 Å². The van der Waals surface area contributed by atoms with Crippen LogP contribution >= 0.6 is 22.9 Å². The third-order valence-corrected chi connectivity index (χ3v) is 6.88. The van der Waals surface area contributed by atoms with E-state index in [1.54, 1.807) is 12.1 Å². The molecule has 0 fully saturated rings. The van der Waals surface area contributed by atoms with E-state index in [0.29, 0.717) is 0 Å². The number of nitrogens with zero attached hydrogens (tertiary/aromatic N) is 1. The molecule has 0 radical (unpaired) electrons. The van der Waals surface area contributed by atoms with E-state index < -0.39 is 27.9 Å². The summed E-state index contributed by atoms with van der Waals surface area (Å²) in [7, 11) is 0.336. The van der Waals surface area contributed by atoms with Crippen LogP contribution in [-0.2, 0) is 19.6 Å². The molecule has 0 saturated heterocycles. The molecule has 7 nitrogen and oxygen atoms in total. The van der Waals surface area contributed by atoms with Crippen molar-refractivity contribution in [3.63, 3.8) is 0 Å². The van der Waals surface area contributed by atoms with Crippen LogP contribution in [0.15, 0.2) is 40.6 Å². The minimum absolute atomic E-state index is 0.00557. The van der Waals surface area contributed by atoms with Gasteiger partial charge >= 0.3 is 5.97 Å². The SMILES string of the molecule is COC(=O)CC(NC(=O)c1cc(S(=O)(=O)N(C)C)ccc1Cl)c1cccs1. The molecule has 1 unspecified atom stereocenters. The molecule has 0 aliphatic heterocycles. The third-order valence-electron chi connectivity index (χ3n) is 3.75. The summed E-state index contributed by atoms with van der Waals surface area (Å²) in [4.78, 5) is 25.1. The summed E-state index contributed by atoms with van der Waals surface area (Å²) in [6, 6.07) is 6.87. The Balaban J connectivity index is 2.34. The molecule has 2 aromatic rings. The minimum atomic E-state index is -3.72. The molecule has 2 rings (SSSR count). The number of sulfonamides is 1. The van der Waals surface area contributed by atoms with Crippen LogP contribution in [-0.4, -0.2) is 45.8 Å². The molecule has 1 amide bonds. The second-order valence-corrected chi connectivity index (χ2v) is 9.29. The van der Waals surface area contributed by atoms with E-state index in [4.69, 9.17) is 11.6 Å². The number of carbonyl (C=O) groups is 2. The predicted molar refractivity (Wildman–Crippen MR) is 103 cm³/mol. The van der Waals surface area contributed by atoms with Crippen LogP contribution in [0.2, 0.25) is 5.02 Å². The van der Waals surface area contributed by atoms with Gasteiger partial charge in [-0.1, -0.05) is 17.7 Å². The summed E-state index contributed by atoms with van der Waals surface area (Å²) in [5.74, 6) is -1.07. The zero-order valence-corrected chi connectivity index (χ0v) is 17.3. The van der Waals surface area contributed by atoms with Crippen molar-refractivity contribution in [1.82, 2.24) is 9.62 Å². The van der Waals surface area contributed by atoms with Crippen LogP contribution in [0.3, 0.4) is 0 Å². The van der Waals surface area contributed by atoms with E-state index in [1.165, 1.54) is 50.7 Å². The Labute approximate surface area is 166 Å². The molecule has 27 heavy (non-hydrogen) atoms. The lowest BCUT2D eigenvalue weighted by atomic mass is 10.1. The second-order valence-electron chi connectivity index (χ2n) is 5.75. The highest BCUT2D eigenvalue weighted by Crippen LogP contribution is 2.26. The molecule has 10 heteroatoms. The van der Waals surface area contributed by atoms with Gasteiger partial charge in [0.1, 0.15) is 0 Å². The number of ether oxygens (including phenoxy) is 1. The number of hydrogen-bond donors (Lipinski definition) is 1. The highest BCUT2D eigenvalue weighted by molar-refractivity contribution is 7.89. The number of nitrogens with one attached hydrogen (secondary N) is 1. The lowest BCUT2D eigenvalue weighted by Gasteiger charge is -2.18. The average Bonchev–Trinajstić information content (AvgIpc) is 3.15. The second kappa shape index (κ2) is 8.83. The van der Waals surface area contributed by atoms with Gasteiger partial charge in [-0.05, 0) is 29.6 Å². The normalized spacial score (nSPS) is 12.6. The Morgan fingerprint density at radius 3 is 2.56 bits per heavy atom. The van der Waals surface area contributed by atoms with Gasteiger partial charge in [0, 0.05) is 19.0 Å². The number of halogens is 1. The summed E-state index contributed by atoms with van der Waals surface area (Å²) < 4.78 is 30.3. The first-order chi connectivity index (χ1) is 12.7. The topological polar surface area (TPSA) is 92.8 Å². The van der Waals surface area contributed by atoms with Gasteiger partial charge in [0.05, 0.1) is 35.1 Å². The molecule has 1 aromatic carbocycles. The Kier molecular flexibility index (Phi) is 6.99. The highest BCUT2D eigenvalue weighted by Gasteiger charge is 2.24. The smallest absolute Gasteiger partial charge is 0.307 e. The maximum absolute atomic E-state index is 12.7. The number of methoxy groups -OCH3 is 1. The zero-order valence-electron chi connectivity index (χ0n) is 14.9. The van der Waals surface area contributed by atoms with Gasteiger partial charge < -0.3 is 10.1 Å². The number of rotatable bonds is 7. The maximum Gasteiger partial charge on any atom is 0.307 e. The van der Waals surface area contributed by atoms with E-state index in [2.05, 4.69) is 10.1 Å². The van der Waals surface area contributed by atoms with Crippen molar-refractivity contribution in [2.24, 2.45) is 0 Å². The predicted octanol–water partition coefficient (Wildman–Crippen LogP) is 2.69. The number of amides is 1. The van der Waals surface area contributed by atoms with Crippen molar-refractivity contribution in [2.75, 3.05) is 21.2 Å². The molecule has 1 atom stereocenters. The van der Waals surface area contributed by atoms with Crippen molar-refractivity contribution in [1.29, 1.82) is 0 Å². The van der Waals surface area contributed by atoms with Crippen LogP contribution < -0.4 is 5.32 Å². The number of benzene rings is 1. The van der Waals surface area contributed by atoms with E-state index in [1.807, 2.05) is 5.38 Å². The zero-order chi connectivity index (χ0) is 20.2. The minimum Gasteiger partial charge on any atom is -0.469 e. The number of thiophene rings is 1. The molecule has 0 spiro atoms. The molecule has 0 saturated carbocycles. The Morgan fingerprint density at radius 1 is 1.30 bits per heavy atom. The fourth-order valence-corrected chi connectivity index (χ4v) is 4.16. The molecule has 1 aromatic heterocycles. The maximum atomic E-state index is 12.7. The number of esters is 1. The quantitative estimate of drug-likeness (QED) is 0.681. The largest absolute Gasteiger partial charge is 0.469 e. The molecule has 1 heterocycles. The van der Waals surface area contributed by atoms with Gasteiger partial charge in [-0.2, -0.15) is 0 Å². The number of carbonyl (C=O) groups excluding carboxylic acids is 2. The molecular weight excluding hydrogens is 412 g/mol. The van der Waals surface area contributed by atoms with Gasteiger partial charge in [0.15, 0.2) is 0 Å². The van der Waals surface area contributed by atoms with Crippen molar-refractivity contribution in [3.05, 3.63) is 51.2 Å². The van der Waals surface area contributed by atoms with Gasteiger partial charge in [0.25, 0.3) is 5.91 Å². The molecule has 0 aliphatic carbocycles. The van der Waals surface area contributed by atoms with Crippen LogP contribution in [0.25, 0.3) is 0 Å². The van der Waals surface area contributed by atoms with Crippen molar-refractivity contribution >= 4 is 44.8 Å². The van der Waals surface area contributed by atoms with Crippen molar-refractivity contribution in [3.8, 4) is 0 Å². The van der Waals surface area contributed by atoms with Crippen molar-refractivity contribution < 1.29 is 22.7 Å². The third kappa shape index (κ3) is 5.07. The summed E-state index contributed by atoms with van der Waals surface area (Å²) in [5.41, 5.74) is 0.00557. The van der Waals surface area contributed by atoms with E-state index >= 15 is 0 Å². The van der Waals surface area contributed by atoms with Gasteiger partial charge in [-0.25, -0.2) is 12.7 Å². The summed E-state index contributed by atoms with van der Waals surface area (Å²) in [6.07, 6.45) is -0.0595. The Morgan fingerprint density at radius 2 is 2.00 bits per heavy atom. The highest BCUT2D eigenvalue weighted by atomic mass is 35.5. The first kappa shape index (κ1) is 21.4. The number of hydrogen-bond acceptors (Lipinski definition) is 6. The summed E-state index contributed by atoms with van der Waals surface area (Å²) in [5, 5.41) is 4.65. The molecule has 1 N–H and O–H groups in total. The first-order valence-electron chi connectivity index (χ1n) is 7.80. The van der Waals surface area contributed by atoms with Crippen LogP contribution in [0.5, 0.6) is 0 Å². The van der Waals surface area contributed by atoms with Crippen molar-refractivity contribution in [2.45, 2.75) is 17.4 Å². The Hall–Kier alpha value is -1.94. The van der Waals surface area contributed by atoms with E-state index in [9.17, 15) is 18.0 Å². The fourth-order valence-electron chi connectivity index (χ4n) is 2.25. The lowest BCUT2D eigenvalue weighted by molar-refractivity contribution is -0.141. The standard InChI is InChI=1S/C17H19ClN2O5S2/c1-20(2)27(23,24)11-6-7-13(18)12(9-11)17(22)19-14(10-16(21)25-3)15-5-4-8-26-15/h4-9,14H,10H2,1-3H3,(H,19,22). The van der Waals surface area contributed by atoms with Gasteiger partial charge in [-0.3, -0.25) is 9.59 Å². The fraction of sp³-hybridized carbons (Fsp3) is 0.294. The average molecular weight is 431 g/mol. The lowest BCUT2D eigenvalue weighted by Crippen LogP contribution is -2.30. The molecular formula is C17H19ClN2O5S2. The molecule has 146 valence electrons. The molecule has 0 aliphatic rings.